The maximum absolute atomic E-state index is 4.82. The van der Waals surface area contributed by atoms with E-state index < -0.39 is 0 Å². The predicted octanol–water partition coefficient (Wildman–Crippen LogP) is 7.29. The molecule has 2 aromatic rings. The first-order valence-electron chi connectivity index (χ1n) is 12.5. The normalized spacial score (nSPS) is 20.3. The summed E-state index contributed by atoms with van der Waals surface area (Å²) in [6.07, 6.45) is 15.9. The second kappa shape index (κ2) is 8.91. The highest BCUT2D eigenvalue weighted by atomic mass is 14.9. The third-order valence-corrected chi connectivity index (χ3v) is 8.02. The molecule has 0 bridgehead atoms. The molecule has 0 saturated carbocycles. The molecule has 33 heavy (non-hydrogen) atoms. The average Bonchev–Trinajstić information content (AvgIpc) is 2.81. The first-order valence-corrected chi connectivity index (χ1v) is 12.5. The van der Waals surface area contributed by atoms with Crippen molar-refractivity contribution in [3.05, 3.63) is 94.4 Å². The van der Waals surface area contributed by atoms with Gasteiger partial charge in [-0.1, -0.05) is 48.6 Å². The molecule has 2 heterocycles. The summed E-state index contributed by atoms with van der Waals surface area (Å²) in [6, 6.07) is 9.39. The number of nitrogens with one attached hydrogen (secondary N) is 1. The molecule has 170 valence electrons. The number of fused-ring (bicyclic) bond motifs is 1. The van der Waals surface area contributed by atoms with Gasteiger partial charge < -0.3 is 5.32 Å². The van der Waals surface area contributed by atoms with Gasteiger partial charge in [-0.3, -0.25) is 4.98 Å². The van der Waals surface area contributed by atoms with Crippen LogP contribution in [-0.2, 0) is 6.42 Å². The minimum absolute atomic E-state index is 0.388. The molecule has 0 unspecified atom stereocenters. The lowest BCUT2D eigenvalue weighted by molar-refractivity contribution is 0.201. The van der Waals surface area contributed by atoms with Crippen molar-refractivity contribution in [2.24, 2.45) is 5.41 Å². The van der Waals surface area contributed by atoms with Gasteiger partial charge >= 0.3 is 0 Å². The van der Waals surface area contributed by atoms with Crippen LogP contribution < -0.4 is 5.32 Å². The van der Waals surface area contributed by atoms with Crippen LogP contribution in [0, 0.1) is 12.3 Å². The Kier molecular flexibility index (Phi) is 5.97. The fourth-order valence-electron chi connectivity index (χ4n) is 6.13. The fraction of sp³-hybridized carbons (Fsp3) is 0.387. The molecule has 2 heteroatoms. The van der Waals surface area contributed by atoms with Crippen molar-refractivity contribution < 1.29 is 0 Å². The lowest BCUT2D eigenvalue weighted by Crippen LogP contribution is -2.40. The largest absolute Gasteiger partial charge is 0.317 e. The van der Waals surface area contributed by atoms with Crippen LogP contribution in [0.2, 0.25) is 0 Å². The van der Waals surface area contributed by atoms with Crippen molar-refractivity contribution in [1.82, 2.24) is 10.3 Å². The van der Waals surface area contributed by atoms with Gasteiger partial charge in [0, 0.05) is 23.0 Å². The van der Waals surface area contributed by atoms with Crippen molar-refractivity contribution in [2.45, 2.75) is 59.3 Å². The Morgan fingerprint density at radius 3 is 2.70 bits per heavy atom. The van der Waals surface area contributed by atoms with Gasteiger partial charge in [0.05, 0.1) is 0 Å². The Hall–Kier alpha value is -2.71. The monoisotopic (exact) mass is 436 g/mol. The smallest absolute Gasteiger partial charge is 0.0451 e. The van der Waals surface area contributed by atoms with Crippen LogP contribution in [0.5, 0.6) is 0 Å². The predicted molar refractivity (Wildman–Crippen MR) is 141 cm³/mol. The maximum Gasteiger partial charge on any atom is 0.0451 e. The Labute approximate surface area is 199 Å². The second-order valence-corrected chi connectivity index (χ2v) is 10.3. The molecule has 2 aliphatic carbocycles. The zero-order chi connectivity index (χ0) is 23.0. The second-order valence-electron chi connectivity index (χ2n) is 10.3. The number of benzene rings is 1. The van der Waals surface area contributed by atoms with Gasteiger partial charge in [0.2, 0.25) is 0 Å². The van der Waals surface area contributed by atoms with E-state index in [0.717, 1.165) is 38.0 Å². The van der Waals surface area contributed by atoms with Gasteiger partial charge in [-0.25, -0.2) is 0 Å². The minimum Gasteiger partial charge on any atom is -0.317 e. The highest BCUT2D eigenvalue weighted by Gasteiger charge is 2.37. The fourth-order valence-corrected chi connectivity index (χ4v) is 6.13. The molecular weight excluding hydrogens is 400 g/mol. The number of piperidine rings is 1. The number of aromatic nitrogens is 1. The summed E-state index contributed by atoms with van der Waals surface area (Å²) in [4.78, 5) is 4.82. The SMILES string of the molecule is C=C1CC2(CCNCC2)Cc2cc(/C(=C/C)c3cc(C4=C(C)CCC=C4)cnc3C)ccc21. The molecule has 1 spiro atoms. The highest BCUT2D eigenvalue weighted by Crippen LogP contribution is 2.47. The number of hydrogen-bond acceptors (Lipinski definition) is 2. The van der Waals surface area contributed by atoms with Crippen molar-refractivity contribution in [3.63, 3.8) is 0 Å². The van der Waals surface area contributed by atoms with E-state index in [4.69, 9.17) is 4.98 Å². The first kappa shape index (κ1) is 22.1. The quantitative estimate of drug-likeness (QED) is 0.546. The minimum atomic E-state index is 0.388. The number of allylic oxidation sites excluding steroid dienone is 6. The number of aryl methyl sites for hydroxylation is 1. The van der Waals surface area contributed by atoms with Crippen LogP contribution in [0.3, 0.4) is 0 Å². The molecule has 1 aliphatic heterocycles. The molecule has 1 N–H and O–H groups in total. The standard InChI is InChI=1S/C31H36N2/c1-5-27(30-17-26(20-33-23(30)4)28-9-7-6-8-21(28)2)24-10-11-29-22(3)18-31(19-25(29)16-24)12-14-32-15-13-31/h5,7,9-11,16-17,20,32H,3,6,8,12-15,18-19H2,1-2,4H3/b27-5-. The van der Waals surface area contributed by atoms with E-state index in [9.17, 15) is 0 Å². The number of pyridine rings is 1. The molecule has 5 rings (SSSR count). The average molecular weight is 437 g/mol. The van der Waals surface area contributed by atoms with Crippen LogP contribution in [0.4, 0.5) is 0 Å². The zero-order valence-corrected chi connectivity index (χ0v) is 20.4. The van der Waals surface area contributed by atoms with E-state index in [0.29, 0.717) is 5.41 Å². The topological polar surface area (TPSA) is 24.9 Å². The summed E-state index contributed by atoms with van der Waals surface area (Å²) in [7, 11) is 0. The van der Waals surface area contributed by atoms with E-state index in [1.807, 2.05) is 6.20 Å². The Bertz CT molecular complexity index is 1190. The van der Waals surface area contributed by atoms with Crippen LogP contribution >= 0.6 is 0 Å². The zero-order valence-electron chi connectivity index (χ0n) is 20.4. The number of hydrogen-bond donors (Lipinski definition) is 1. The number of nitrogens with zero attached hydrogens (tertiary/aromatic N) is 1. The summed E-state index contributed by atoms with van der Waals surface area (Å²) < 4.78 is 0. The molecule has 1 aromatic carbocycles. The molecule has 1 aromatic heterocycles. The lowest BCUT2D eigenvalue weighted by Gasteiger charge is -2.42. The molecule has 0 radical (unpaired) electrons. The van der Waals surface area contributed by atoms with Gasteiger partial charge in [0.1, 0.15) is 0 Å². The van der Waals surface area contributed by atoms with E-state index in [2.05, 4.69) is 75.2 Å². The van der Waals surface area contributed by atoms with Crippen molar-refractivity contribution >= 4 is 16.7 Å². The molecular formula is C31H36N2. The Morgan fingerprint density at radius 2 is 1.94 bits per heavy atom. The van der Waals surface area contributed by atoms with Crippen LogP contribution in [0.1, 0.15) is 79.5 Å². The van der Waals surface area contributed by atoms with Crippen LogP contribution in [-0.4, -0.2) is 18.1 Å². The summed E-state index contributed by atoms with van der Waals surface area (Å²) in [5, 5.41) is 3.54. The summed E-state index contributed by atoms with van der Waals surface area (Å²) in [5.41, 5.74) is 13.5. The van der Waals surface area contributed by atoms with Crippen LogP contribution in [0.25, 0.3) is 16.7 Å². The third-order valence-electron chi connectivity index (χ3n) is 8.02. The molecule has 0 atom stereocenters. The number of rotatable bonds is 3. The third kappa shape index (κ3) is 4.17. The van der Waals surface area contributed by atoms with Crippen molar-refractivity contribution in [3.8, 4) is 0 Å². The summed E-state index contributed by atoms with van der Waals surface area (Å²) in [5.74, 6) is 0. The molecule has 3 aliphatic rings. The van der Waals surface area contributed by atoms with Crippen molar-refractivity contribution in [2.75, 3.05) is 13.1 Å². The highest BCUT2D eigenvalue weighted by molar-refractivity contribution is 5.85. The van der Waals surface area contributed by atoms with Gasteiger partial charge in [0.15, 0.2) is 0 Å². The van der Waals surface area contributed by atoms with Crippen molar-refractivity contribution in [1.29, 1.82) is 0 Å². The van der Waals surface area contributed by atoms with Gasteiger partial charge in [0.25, 0.3) is 0 Å². The van der Waals surface area contributed by atoms with Gasteiger partial charge in [-0.2, -0.15) is 0 Å². The lowest BCUT2D eigenvalue weighted by atomic mass is 9.65. The maximum atomic E-state index is 4.82. The van der Waals surface area contributed by atoms with E-state index in [-0.39, 0.29) is 0 Å². The van der Waals surface area contributed by atoms with E-state index >= 15 is 0 Å². The first-order chi connectivity index (χ1) is 16.0. The van der Waals surface area contributed by atoms with Gasteiger partial charge in [-0.15, -0.1) is 0 Å². The Morgan fingerprint density at radius 1 is 1.12 bits per heavy atom. The summed E-state index contributed by atoms with van der Waals surface area (Å²) >= 11 is 0. The van der Waals surface area contributed by atoms with E-state index in [1.165, 1.54) is 69.4 Å². The van der Waals surface area contributed by atoms with Gasteiger partial charge in [-0.05, 0) is 117 Å². The van der Waals surface area contributed by atoms with E-state index in [1.54, 1.807) is 0 Å². The molecule has 0 amide bonds. The molecule has 2 nitrogen and oxygen atoms in total. The van der Waals surface area contributed by atoms with Crippen LogP contribution in [0.15, 0.2) is 60.8 Å². The molecule has 1 fully saturated rings. The molecule has 1 saturated heterocycles. The summed E-state index contributed by atoms with van der Waals surface area (Å²) in [6.45, 7) is 13.3. The Balaban J connectivity index is 1.54.